The maximum absolute atomic E-state index is 7.79. The second kappa shape index (κ2) is 3.85. The van der Waals surface area contributed by atoms with Crippen molar-refractivity contribution in [3.63, 3.8) is 0 Å². The van der Waals surface area contributed by atoms with E-state index in [1.807, 2.05) is 17.7 Å². The molecule has 0 saturated carbocycles. The SMILES string of the molecule is [2H]c1cccc(-c2ccc(C)cc2C)[n+]1C. The molecule has 0 spiro atoms. The summed E-state index contributed by atoms with van der Waals surface area (Å²) in [5.74, 6) is 0. The van der Waals surface area contributed by atoms with Gasteiger partial charge in [-0.25, -0.2) is 4.57 Å². The molecule has 2 rings (SSSR count). The molecule has 0 unspecified atom stereocenters. The minimum atomic E-state index is 0.525. The summed E-state index contributed by atoms with van der Waals surface area (Å²) in [7, 11) is 1.93. The van der Waals surface area contributed by atoms with E-state index in [4.69, 9.17) is 1.37 Å². The quantitative estimate of drug-likeness (QED) is 0.622. The van der Waals surface area contributed by atoms with Gasteiger partial charge < -0.3 is 0 Å². The normalized spacial score (nSPS) is 11.3. The van der Waals surface area contributed by atoms with Crippen molar-refractivity contribution in [1.82, 2.24) is 0 Å². The summed E-state index contributed by atoms with van der Waals surface area (Å²) in [4.78, 5) is 0. The van der Waals surface area contributed by atoms with Crippen LogP contribution in [0.5, 0.6) is 0 Å². The summed E-state index contributed by atoms with van der Waals surface area (Å²) >= 11 is 0. The monoisotopic (exact) mass is 199 g/mol. The molecule has 0 bridgehead atoms. The van der Waals surface area contributed by atoms with Crippen LogP contribution in [-0.2, 0) is 7.05 Å². The first-order valence-electron chi connectivity index (χ1n) is 5.63. The first-order valence-corrected chi connectivity index (χ1v) is 5.13. The Morgan fingerprint density at radius 1 is 1.13 bits per heavy atom. The zero-order valence-corrected chi connectivity index (χ0v) is 9.41. The maximum atomic E-state index is 7.79. The number of aryl methyl sites for hydroxylation is 2. The van der Waals surface area contributed by atoms with Crippen LogP contribution >= 0.6 is 0 Å². The third-order valence-corrected chi connectivity index (χ3v) is 2.64. The summed E-state index contributed by atoms with van der Waals surface area (Å²) in [5, 5.41) is 0. The van der Waals surface area contributed by atoms with Crippen molar-refractivity contribution in [1.29, 1.82) is 0 Å². The van der Waals surface area contributed by atoms with Gasteiger partial charge in [0.2, 0.25) is 5.69 Å². The minimum absolute atomic E-state index is 0.525. The average Bonchev–Trinajstić information content (AvgIpc) is 2.23. The number of hydrogen-bond donors (Lipinski definition) is 0. The number of aromatic nitrogens is 1. The van der Waals surface area contributed by atoms with Gasteiger partial charge in [0.05, 0.1) is 0 Å². The van der Waals surface area contributed by atoms with Gasteiger partial charge in [-0.15, -0.1) is 0 Å². The van der Waals surface area contributed by atoms with E-state index in [9.17, 15) is 0 Å². The Hall–Kier alpha value is -1.63. The van der Waals surface area contributed by atoms with Crippen molar-refractivity contribution in [2.24, 2.45) is 7.05 Å². The lowest BCUT2D eigenvalue weighted by Gasteiger charge is -2.04. The molecule has 1 nitrogen and oxygen atoms in total. The molecule has 1 heteroatoms. The van der Waals surface area contributed by atoms with Gasteiger partial charge >= 0.3 is 0 Å². The fourth-order valence-corrected chi connectivity index (χ4v) is 1.85. The Bertz CT molecular complexity index is 532. The van der Waals surface area contributed by atoms with Crippen molar-refractivity contribution < 1.29 is 5.94 Å². The van der Waals surface area contributed by atoms with Gasteiger partial charge in [0.15, 0.2) is 6.17 Å². The first kappa shape index (κ1) is 8.66. The highest BCUT2D eigenvalue weighted by Crippen LogP contribution is 2.20. The van der Waals surface area contributed by atoms with Gasteiger partial charge in [-0.05, 0) is 31.5 Å². The molecular formula is C14H16N+. The summed E-state index contributed by atoms with van der Waals surface area (Å²) in [6.07, 6.45) is 0.525. The lowest BCUT2D eigenvalue weighted by atomic mass is 10.0. The summed E-state index contributed by atoms with van der Waals surface area (Å²) in [6.45, 7) is 4.21. The lowest BCUT2D eigenvalue weighted by molar-refractivity contribution is -0.660. The Kier molecular flexibility index (Phi) is 2.23. The molecule has 1 aromatic heterocycles. The fourth-order valence-electron chi connectivity index (χ4n) is 1.85. The van der Waals surface area contributed by atoms with Gasteiger partial charge in [0, 0.05) is 17.7 Å². The van der Waals surface area contributed by atoms with Crippen molar-refractivity contribution >= 4 is 0 Å². The van der Waals surface area contributed by atoms with E-state index in [-0.39, 0.29) is 0 Å². The van der Waals surface area contributed by atoms with Crippen LogP contribution in [0.15, 0.2) is 42.6 Å². The molecule has 0 aliphatic rings. The number of nitrogens with zero attached hydrogens (tertiary/aromatic N) is 1. The van der Waals surface area contributed by atoms with Gasteiger partial charge in [0.1, 0.15) is 8.42 Å². The second-order valence-electron chi connectivity index (χ2n) is 3.92. The van der Waals surface area contributed by atoms with Crippen LogP contribution < -0.4 is 4.57 Å². The zero-order valence-electron chi connectivity index (χ0n) is 10.4. The van der Waals surface area contributed by atoms with Gasteiger partial charge in [0.25, 0.3) is 0 Å². The van der Waals surface area contributed by atoms with E-state index in [0.717, 1.165) is 5.69 Å². The van der Waals surface area contributed by atoms with Crippen LogP contribution in [-0.4, -0.2) is 0 Å². The van der Waals surface area contributed by atoms with E-state index >= 15 is 0 Å². The molecule has 1 aromatic carbocycles. The molecule has 0 radical (unpaired) electrons. The molecule has 2 aromatic rings. The largest absolute Gasteiger partial charge is 0.212 e. The molecule has 15 heavy (non-hydrogen) atoms. The smallest absolute Gasteiger partial charge is 0.201 e. The van der Waals surface area contributed by atoms with Crippen molar-refractivity contribution in [3.8, 4) is 11.3 Å². The van der Waals surface area contributed by atoms with E-state index in [2.05, 4.69) is 38.1 Å². The van der Waals surface area contributed by atoms with Crippen LogP contribution in [0.1, 0.15) is 12.5 Å². The predicted octanol–water partition coefficient (Wildman–Crippen LogP) is 2.79. The zero-order chi connectivity index (χ0) is 11.7. The average molecular weight is 199 g/mol. The van der Waals surface area contributed by atoms with Crippen molar-refractivity contribution in [2.75, 3.05) is 0 Å². The van der Waals surface area contributed by atoms with E-state index in [1.54, 1.807) is 6.07 Å². The molecule has 0 saturated heterocycles. The topological polar surface area (TPSA) is 3.88 Å². The van der Waals surface area contributed by atoms with Crippen LogP contribution in [0.2, 0.25) is 0 Å². The molecule has 0 aliphatic carbocycles. The Morgan fingerprint density at radius 3 is 2.67 bits per heavy atom. The fraction of sp³-hybridized carbons (Fsp3) is 0.214. The van der Waals surface area contributed by atoms with Crippen LogP contribution in [0, 0.1) is 13.8 Å². The summed E-state index contributed by atoms with van der Waals surface area (Å²) in [5.41, 5.74) is 4.80. The molecular weight excluding hydrogens is 182 g/mol. The second-order valence-corrected chi connectivity index (χ2v) is 3.92. The van der Waals surface area contributed by atoms with Gasteiger partial charge in [-0.1, -0.05) is 17.7 Å². The number of rotatable bonds is 1. The van der Waals surface area contributed by atoms with Crippen LogP contribution in [0.25, 0.3) is 11.3 Å². The summed E-state index contributed by atoms with van der Waals surface area (Å²) in [6, 6.07) is 12.2. The highest BCUT2D eigenvalue weighted by molar-refractivity contribution is 5.61. The third-order valence-electron chi connectivity index (χ3n) is 2.64. The van der Waals surface area contributed by atoms with Gasteiger partial charge in [-0.3, -0.25) is 0 Å². The number of hydrogen-bond acceptors (Lipinski definition) is 0. The number of benzene rings is 1. The predicted molar refractivity (Wildman–Crippen MR) is 62.5 cm³/mol. The Balaban J connectivity index is 2.63. The number of pyridine rings is 1. The third kappa shape index (κ3) is 1.91. The van der Waals surface area contributed by atoms with Crippen molar-refractivity contribution in [3.05, 3.63) is 53.7 Å². The first-order chi connectivity index (χ1) is 7.59. The van der Waals surface area contributed by atoms with Crippen molar-refractivity contribution in [2.45, 2.75) is 13.8 Å². The Labute approximate surface area is 92.4 Å². The molecule has 1 heterocycles. The molecule has 0 fully saturated rings. The lowest BCUT2D eigenvalue weighted by Crippen LogP contribution is -2.30. The van der Waals surface area contributed by atoms with Gasteiger partial charge in [-0.2, -0.15) is 0 Å². The highest BCUT2D eigenvalue weighted by atomic mass is 14.9. The molecule has 0 N–H and O–H groups in total. The van der Waals surface area contributed by atoms with Crippen LogP contribution in [0.4, 0.5) is 0 Å². The van der Waals surface area contributed by atoms with Crippen LogP contribution in [0.3, 0.4) is 0 Å². The highest BCUT2D eigenvalue weighted by Gasteiger charge is 2.10. The molecule has 0 amide bonds. The molecule has 76 valence electrons. The van der Waals surface area contributed by atoms with E-state index < -0.39 is 0 Å². The van der Waals surface area contributed by atoms with E-state index in [1.165, 1.54) is 16.7 Å². The molecule has 0 atom stereocenters. The minimum Gasteiger partial charge on any atom is -0.201 e. The summed E-state index contributed by atoms with van der Waals surface area (Å²) < 4.78 is 9.69. The molecule has 0 aliphatic heterocycles. The maximum Gasteiger partial charge on any atom is 0.212 e. The Morgan fingerprint density at radius 2 is 1.93 bits per heavy atom. The van der Waals surface area contributed by atoms with E-state index in [0.29, 0.717) is 6.17 Å². The standard InChI is InChI=1S/C14H16N/c1-11-7-8-13(12(2)10-11)14-6-4-5-9-15(14)3/h4-10H,1-3H3/q+1/i9D.